The third kappa shape index (κ3) is 5.25. The summed E-state index contributed by atoms with van der Waals surface area (Å²) < 4.78 is 22.1. The highest BCUT2D eigenvalue weighted by molar-refractivity contribution is 6.34. The Bertz CT molecular complexity index is 1440. The first-order valence-corrected chi connectivity index (χ1v) is 10.9. The molecule has 4 rings (SSSR count). The molecule has 0 bridgehead atoms. The molecule has 2 heterocycles. The summed E-state index contributed by atoms with van der Waals surface area (Å²) >= 11 is 6.19. The Morgan fingerprint density at radius 2 is 1.69 bits per heavy atom. The molecule has 0 aliphatic rings. The number of hydrogen-bond donors (Lipinski definition) is 3. The van der Waals surface area contributed by atoms with Crippen molar-refractivity contribution in [1.29, 1.82) is 0 Å². The van der Waals surface area contributed by atoms with E-state index in [1.807, 2.05) is 6.07 Å². The van der Waals surface area contributed by atoms with Crippen molar-refractivity contribution in [3.8, 4) is 11.5 Å². The van der Waals surface area contributed by atoms with Crippen LogP contribution in [-0.2, 0) is 9.59 Å². The first-order chi connectivity index (χ1) is 16.9. The molecule has 0 unspecified atom stereocenters. The average Bonchev–Trinajstić information content (AvgIpc) is 3.23. The van der Waals surface area contributed by atoms with Crippen molar-refractivity contribution in [2.24, 2.45) is 0 Å². The van der Waals surface area contributed by atoms with Crippen LogP contribution in [0, 0.1) is 5.82 Å². The molecule has 2 amide bonds. The summed E-state index contributed by atoms with van der Waals surface area (Å²) in [6.45, 7) is 1.60. The number of anilines is 2. The predicted molar refractivity (Wildman–Crippen MR) is 132 cm³/mol. The number of halogens is 2. The van der Waals surface area contributed by atoms with Crippen LogP contribution in [0.15, 0.2) is 84.3 Å². The lowest BCUT2D eigenvalue weighted by atomic mass is 10.1. The summed E-state index contributed by atoms with van der Waals surface area (Å²) in [7, 11) is 1.59. The van der Waals surface area contributed by atoms with Crippen LogP contribution in [0.1, 0.15) is 6.92 Å². The number of rotatable bonds is 7. The molecule has 0 saturated carbocycles. The second-order valence-electron chi connectivity index (χ2n) is 7.42. The summed E-state index contributed by atoms with van der Waals surface area (Å²) in [5, 5.41) is 12.6. The van der Waals surface area contributed by atoms with Crippen molar-refractivity contribution >= 4 is 40.3 Å². The predicted octanol–water partition coefficient (Wildman–Crippen LogP) is 4.99. The lowest BCUT2D eigenvalue weighted by Crippen LogP contribution is -2.29. The van der Waals surface area contributed by atoms with E-state index in [0.29, 0.717) is 27.7 Å². The van der Waals surface area contributed by atoms with Crippen molar-refractivity contribution in [3.63, 3.8) is 0 Å². The van der Waals surface area contributed by atoms with E-state index in [1.54, 1.807) is 56.6 Å². The molecule has 4 aromatic rings. The number of para-hydroxylation sites is 1. The highest BCUT2D eigenvalue weighted by Gasteiger charge is 2.22. The minimum absolute atomic E-state index is 0.0719. The second kappa shape index (κ2) is 10.3. The highest BCUT2D eigenvalue weighted by Crippen LogP contribution is 2.33. The van der Waals surface area contributed by atoms with Gasteiger partial charge in [-0.2, -0.15) is 5.10 Å². The van der Waals surface area contributed by atoms with Crippen molar-refractivity contribution in [1.82, 2.24) is 14.9 Å². The molecule has 178 valence electrons. The maximum Gasteiger partial charge on any atom is 0.263 e. The highest BCUT2D eigenvalue weighted by atomic mass is 35.5. The zero-order chi connectivity index (χ0) is 24.9. The molecular weight excluding hydrogens is 473 g/mol. The number of nitrogens with one attached hydrogen (secondary N) is 3. The van der Waals surface area contributed by atoms with Gasteiger partial charge in [-0.3, -0.25) is 9.59 Å². The first-order valence-electron chi connectivity index (χ1n) is 10.5. The number of fused-ring (bicyclic) bond motifs is 1. The zero-order valence-corrected chi connectivity index (χ0v) is 19.6. The van der Waals surface area contributed by atoms with E-state index in [1.165, 1.54) is 22.8 Å². The van der Waals surface area contributed by atoms with Gasteiger partial charge in [-0.1, -0.05) is 29.8 Å². The van der Waals surface area contributed by atoms with E-state index in [9.17, 15) is 14.0 Å². The fraction of sp³-hybridized carbons (Fsp3) is 0.0800. The van der Waals surface area contributed by atoms with Crippen LogP contribution in [-0.4, -0.2) is 28.5 Å². The maximum absolute atomic E-state index is 14.8. The SMILES string of the molecule is CN/C(C)=C(\C(=O)Nc1ccccc1)C(=O)Nc1ccc(Oc2ccnn3ccc(Cl)c23)c(F)c1. The summed E-state index contributed by atoms with van der Waals surface area (Å²) in [5.41, 5.74) is 1.39. The Kier molecular flexibility index (Phi) is 6.98. The second-order valence-corrected chi connectivity index (χ2v) is 7.83. The fourth-order valence-corrected chi connectivity index (χ4v) is 3.55. The third-order valence-electron chi connectivity index (χ3n) is 5.11. The van der Waals surface area contributed by atoms with Crippen LogP contribution in [0.2, 0.25) is 5.02 Å². The molecule has 0 spiro atoms. The van der Waals surface area contributed by atoms with Gasteiger partial charge in [-0.15, -0.1) is 0 Å². The van der Waals surface area contributed by atoms with Gasteiger partial charge >= 0.3 is 0 Å². The molecule has 0 aliphatic carbocycles. The standard InChI is InChI=1S/C25H21ClFN5O3/c1-15(28-2)22(24(33)30-16-6-4-3-5-7-16)25(34)31-17-8-9-20(19(27)14-17)35-21-10-12-29-32-13-11-18(26)23(21)32/h3-14,28H,1-2H3,(H,30,33)(H,31,34)/b22-15+. The maximum atomic E-state index is 14.8. The van der Waals surface area contributed by atoms with E-state index >= 15 is 0 Å². The summed E-state index contributed by atoms with van der Waals surface area (Å²) in [4.78, 5) is 25.7. The molecule has 2 aromatic carbocycles. The number of benzene rings is 2. The van der Waals surface area contributed by atoms with E-state index in [0.717, 1.165) is 6.07 Å². The summed E-state index contributed by atoms with van der Waals surface area (Å²) in [6, 6.07) is 15.9. The van der Waals surface area contributed by atoms with Crippen LogP contribution < -0.4 is 20.7 Å². The van der Waals surface area contributed by atoms with Gasteiger partial charge in [-0.05, 0) is 37.3 Å². The molecule has 0 radical (unpaired) electrons. The van der Waals surface area contributed by atoms with E-state index in [-0.39, 0.29) is 17.0 Å². The van der Waals surface area contributed by atoms with Crippen molar-refractivity contribution in [3.05, 3.63) is 95.2 Å². The normalized spacial score (nSPS) is 11.5. The number of carbonyl (C=O) groups is 2. The molecule has 8 nitrogen and oxygen atoms in total. The minimum Gasteiger partial charge on any atom is -0.452 e. The number of amides is 2. The van der Waals surface area contributed by atoms with E-state index < -0.39 is 17.6 Å². The largest absolute Gasteiger partial charge is 0.452 e. The molecule has 0 atom stereocenters. The number of hydrogen-bond acceptors (Lipinski definition) is 5. The molecule has 0 aliphatic heterocycles. The Balaban J connectivity index is 1.53. The van der Waals surface area contributed by atoms with E-state index in [2.05, 4.69) is 21.0 Å². The monoisotopic (exact) mass is 493 g/mol. The lowest BCUT2D eigenvalue weighted by Gasteiger charge is -2.14. The molecule has 2 aromatic heterocycles. The van der Waals surface area contributed by atoms with Crippen LogP contribution >= 0.6 is 11.6 Å². The Labute approximate surface area is 205 Å². The van der Waals surface area contributed by atoms with Gasteiger partial charge in [0.25, 0.3) is 11.8 Å². The Morgan fingerprint density at radius 1 is 0.971 bits per heavy atom. The first kappa shape index (κ1) is 23.8. The molecule has 3 N–H and O–H groups in total. The number of aromatic nitrogens is 2. The minimum atomic E-state index is -0.718. The fourth-order valence-electron chi connectivity index (χ4n) is 3.32. The zero-order valence-electron chi connectivity index (χ0n) is 18.8. The van der Waals surface area contributed by atoms with Gasteiger partial charge in [-0.25, -0.2) is 8.91 Å². The Morgan fingerprint density at radius 3 is 2.37 bits per heavy atom. The average molecular weight is 494 g/mol. The van der Waals surface area contributed by atoms with Gasteiger partial charge in [0.15, 0.2) is 17.3 Å². The van der Waals surface area contributed by atoms with Crippen molar-refractivity contribution in [2.75, 3.05) is 17.7 Å². The number of ether oxygens (including phenoxy) is 1. The molecule has 0 saturated heterocycles. The third-order valence-corrected chi connectivity index (χ3v) is 5.42. The topological polar surface area (TPSA) is 96.8 Å². The number of nitrogens with zero attached hydrogens (tertiary/aromatic N) is 2. The Hall–Kier alpha value is -4.37. The molecule has 0 fully saturated rings. The van der Waals surface area contributed by atoms with Crippen LogP contribution in [0.5, 0.6) is 11.5 Å². The lowest BCUT2D eigenvalue weighted by molar-refractivity contribution is -0.118. The number of allylic oxidation sites excluding steroid dienone is 1. The molecule has 35 heavy (non-hydrogen) atoms. The van der Waals surface area contributed by atoms with Gasteiger partial charge in [0, 0.05) is 42.4 Å². The van der Waals surface area contributed by atoms with E-state index in [4.69, 9.17) is 16.3 Å². The van der Waals surface area contributed by atoms with Gasteiger partial charge in [0.05, 0.1) is 11.2 Å². The summed E-state index contributed by atoms with van der Waals surface area (Å²) in [6.07, 6.45) is 3.16. The molecular formula is C25H21ClFN5O3. The van der Waals surface area contributed by atoms with Gasteiger partial charge < -0.3 is 20.7 Å². The van der Waals surface area contributed by atoms with Crippen molar-refractivity contribution in [2.45, 2.75) is 6.92 Å². The summed E-state index contributed by atoms with van der Waals surface area (Å²) in [5.74, 6) is -1.78. The molecule has 10 heteroatoms. The van der Waals surface area contributed by atoms with Crippen LogP contribution in [0.4, 0.5) is 15.8 Å². The van der Waals surface area contributed by atoms with Crippen LogP contribution in [0.25, 0.3) is 5.52 Å². The van der Waals surface area contributed by atoms with Gasteiger partial charge in [0.1, 0.15) is 11.1 Å². The van der Waals surface area contributed by atoms with Crippen LogP contribution in [0.3, 0.4) is 0 Å². The van der Waals surface area contributed by atoms with Gasteiger partial charge in [0.2, 0.25) is 0 Å². The number of carbonyl (C=O) groups excluding carboxylic acids is 2. The quantitative estimate of drug-likeness (QED) is 0.191. The smallest absolute Gasteiger partial charge is 0.263 e. The van der Waals surface area contributed by atoms with Crippen molar-refractivity contribution < 1.29 is 18.7 Å².